The van der Waals surface area contributed by atoms with E-state index in [-0.39, 0.29) is 25.2 Å². The maximum atomic E-state index is 13.8. The number of aryl methyl sites for hydroxylation is 1. The predicted molar refractivity (Wildman–Crippen MR) is 152 cm³/mol. The summed E-state index contributed by atoms with van der Waals surface area (Å²) in [6.45, 7) is 7.79. The Kier molecular flexibility index (Phi) is 8.77. The molecule has 4 heterocycles. The van der Waals surface area contributed by atoms with Crippen molar-refractivity contribution in [2.24, 2.45) is 12.5 Å². The molecule has 1 aromatic heterocycles. The minimum atomic E-state index is -1.10. The Morgan fingerprint density at radius 3 is 2.33 bits per heavy atom. The van der Waals surface area contributed by atoms with Crippen LogP contribution in [0.3, 0.4) is 0 Å². The second kappa shape index (κ2) is 11.9. The summed E-state index contributed by atoms with van der Waals surface area (Å²) in [5.74, 6) is -1.75. The van der Waals surface area contributed by atoms with E-state index in [2.05, 4.69) is 15.5 Å². The number of nitrogens with zero attached hydrogens (tertiary/aromatic N) is 2. The van der Waals surface area contributed by atoms with Gasteiger partial charge < -0.3 is 30.2 Å². The van der Waals surface area contributed by atoms with E-state index in [1.165, 1.54) is 0 Å². The van der Waals surface area contributed by atoms with Crippen LogP contribution in [-0.4, -0.2) is 76.6 Å². The molecule has 2 aromatic rings. The van der Waals surface area contributed by atoms with Gasteiger partial charge in [0.05, 0.1) is 11.6 Å². The third-order valence-electron chi connectivity index (χ3n) is 8.07. The first-order valence-corrected chi connectivity index (χ1v) is 14.0. The van der Waals surface area contributed by atoms with Crippen LogP contribution in [0.2, 0.25) is 0 Å². The molecule has 3 fully saturated rings. The number of carbonyl (C=O) groups excluding carboxylic acids is 4. The molecule has 10 nitrogen and oxygen atoms in total. The Labute approximate surface area is 235 Å². The summed E-state index contributed by atoms with van der Waals surface area (Å²) in [7, 11) is 1.94. The Morgan fingerprint density at radius 2 is 1.70 bits per heavy atom. The van der Waals surface area contributed by atoms with Crippen molar-refractivity contribution in [1.29, 1.82) is 5.41 Å². The van der Waals surface area contributed by atoms with Crippen LogP contribution in [0, 0.1) is 10.8 Å². The lowest BCUT2D eigenvalue weighted by molar-refractivity contribution is -0.159. The van der Waals surface area contributed by atoms with E-state index < -0.39 is 40.8 Å². The number of carbonyl (C=O) groups is 4. The van der Waals surface area contributed by atoms with E-state index in [1.807, 2.05) is 42.1 Å². The Bertz CT molecular complexity index is 1270. The smallest absolute Gasteiger partial charge is 0.329 e. The van der Waals surface area contributed by atoms with E-state index in [4.69, 9.17) is 10.1 Å². The lowest BCUT2D eigenvalue weighted by Gasteiger charge is -2.47. The molecule has 1 aromatic carbocycles. The van der Waals surface area contributed by atoms with Crippen molar-refractivity contribution in [2.45, 2.75) is 77.0 Å². The molecule has 0 unspecified atom stereocenters. The number of hydrogen-bond acceptors (Lipinski definition) is 7. The minimum Gasteiger partial charge on any atom is -0.458 e. The third kappa shape index (κ3) is 6.78. The number of ketones is 1. The van der Waals surface area contributed by atoms with Gasteiger partial charge >= 0.3 is 5.97 Å². The molecule has 2 atom stereocenters. The molecule has 3 N–H and O–H groups in total. The fraction of sp³-hybridized carbons (Fsp3) is 0.567. The minimum absolute atomic E-state index is 0.0103. The van der Waals surface area contributed by atoms with Crippen molar-refractivity contribution in [3.8, 4) is 0 Å². The molecule has 3 saturated heterocycles. The second-order valence-corrected chi connectivity index (χ2v) is 12.1. The number of amides is 2. The number of hydrogen-bond donors (Lipinski definition) is 3. The number of piperidine rings is 3. The average Bonchev–Trinajstić information content (AvgIpc) is 3.25. The number of aromatic nitrogens is 1. The largest absolute Gasteiger partial charge is 0.458 e. The van der Waals surface area contributed by atoms with Gasteiger partial charge in [-0.05, 0) is 77.7 Å². The molecule has 2 amide bonds. The Balaban J connectivity index is 1.60. The molecule has 3 aliphatic heterocycles. The van der Waals surface area contributed by atoms with Crippen molar-refractivity contribution in [3.63, 3.8) is 0 Å². The standard InChI is InChI=1S/C30H41N5O5/c1-29(2,3)40-27(38)23(10-9-21(36)18-31)32-26(37)24(17-20-19-34(4)25-8-6-5-7-22(20)25)33-28(39)30-11-14-35(15-12-30)16-13-30/h5-8,18-19,23-24,31H,9-17H2,1-4H3,(H,32,37)(H,33,39)/t23-,24-/m0/s1. The highest BCUT2D eigenvalue weighted by atomic mass is 16.6. The summed E-state index contributed by atoms with van der Waals surface area (Å²) in [5.41, 5.74) is 0.629. The maximum Gasteiger partial charge on any atom is 0.329 e. The predicted octanol–water partition coefficient (Wildman–Crippen LogP) is 2.52. The van der Waals surface area contributed by atoms with E-state index >= 15 is 0 Å². The maximum absolute atomic E-state index is 13.8. The SMILES string of the molecule is Cn1cc(C[C@H](NC(=O)C23CCN(CC2)CC3)C(=O)N[C@@H](CCC(=O)C=N)C(=O)OC(C)(C)C)c2ccccc21. The van der Waals surface area contributed by atoms with Crippen molar-refractivity contribution in [3.05, 3.63) is 36.0 Å². The summed E-state index contributed by atoms with van der Waals surface area (Å²) in [4.78, 5) is 54.8. The number of rotatable bonds is 11. The monoisotopic (exact) mass is 551 g/mol. The van der Waals surface area contributed by atoms with Crippen molar-refractivity contribution in [1.82, 2.24) is 20.1 Å². The van der Waals surface area contributed by atoms with Gasteiger partial charge in [-0.2, -0.15) is 0 Å². The molecule has 5 rings (SSSR count). The lowest BCUT2D eigenvalue weighted by Crippen LogP contribution is -2.59. The average molecular weight is 552 g/mol. The summed E-state index contributed by atoms with van der Waals surface area (Å²) < 4.78 is 7.51. The zero-order valence-corrected chi connectivity index (χ0v) is 23.9. The van der Waals surface area contributed by atoms with Gasteiger partial charge in [0.1, 0.15) is 17.7 Å². The van der Waals surface area contributed by atoms with Crippen LogP contribution in [0.5, 0.6) is 0 Å². The summed E-state index contributed by atoms with van der Waals surface area (Å²) in [6, 6.07) is 5.85. The molecule has 0 radical (unpaired) electrons. The molecule has 216 valence electrons. The highest BCUT2D eigenvalue weighted by Gasteiger charge is 2.46. The van der Waals surface area contributed by atoms with Crippen LogP contribution in [0.4, 0.5) is 0 Å². The fourth-order valence-corrected chi connectivity index (χ4v) is 5.75. The summed E-state index contributed by atoms with van der Waals surface area (Å²) in [5, 5.41) is 14.0. The molecule has 2 bridgehead atoms. The molecular formula is C30H41N5O5. The van der Waals surface area contributed by atoms with Crippen LogP contribution in [0.25, 0.3) is 10.9 Å². The summed E-state index contributed by atoms with van der Waals surface area (Å²) >= 11 is 0. The topological polar surface area (TPSA) is 134 Å². The molecule has 0 aliphatic carbocycles. The number of ether oxygens (including phenoxy) is 1. The first-order chi connectivity index (χ1) is 18.9. The molecule has 10 heteroatoms. The zero-order chi connectivity index (χ0) is 29.1. The number of benzene rings is 1. The van der Waals surface area contributed by atoms with Gasteiger partial charge in [0.2, 0.25) is 11.8 Å². The number of esters is 1. The van der Waals surface area contributed by atoms with Crippen molar-refractivity contribution >= 4 is 40.7 Å². The first-order valence-electron chi connectivity index (χ1n) is 14.0. The lowest BCUT2D eigenvalue weighted by atomic mass is 9.71. The van der Waals surface area contributed by atoms with Crippen molar-refractivity contribution in [2.75, 3.05) is 19.6 Å². The van der Waals surface area contributed by atoms with Crippen molar-refractivity contribution < 1.29 is 23.9 Å². The van der Waals surface area contributed by atoms with E-state index in [0.717, 1.165) is 55.4 Å². The van der Waals surface area contributed by atoms with E-state index in [9.17, 15) is 19.2 Å². The van der Waals surface area contributed by atoms with Crippen LogP contribution < -0.4 is 10.6 Å². The van der Waals surface area contributed by atoms with Crippen LogP contribution >= 0.6 is 0 Å². The van der Waals surface area contributed by atoms with Gasteiger partial charge in [0, 0.05) is 37.0 Å². The number of nitrogens with one attached hydrogen (secondary N) is 3. The first kappa shape index (κ1) is 29.5. The highest BCUT2D eigenvalue weighted by Crippen LogP contribution is 2.40. The van der Waals surface area contributed by atoms with Gasteiger partial charge in [0.15, 0.2) is 5.78 Å². The molecular weight excluding hydrogens is 510 g/mol. The summed E-state index contributed by atoms with van der Waals surface area (Å²) in [6.07, 6.45) is 5.07. The molecule has 0 saturated carbocycles. The molecule has 3 aliphatic rings. The van der Waals surface area contributed by atoms with Gasteiger partial charge in [-0.1, -0.05) is 18.2 Å². The number of para-hydroxylation sites is 1. The van der Waals surface area contributed by atoms with Crippen LogP contribution in [0.15, 0.2) is 30.5 Å². The quantitative estimate of drug-likeness (QED) is 0.290. The van der Waals surface area contributed by atoms with Gasteiger partial charge in [-0.15, -0.1) is 0 Å². The second-order valence-electron chi connectivity index (χ2n) is 12.1. The zero-order valence-electron chi connectivity index (χ0n) is 23.9. The number of Topliss-reactive ketones (excluding diaryl/α,β-unsaturated/α-hetero) is 1. The highest BCUT2D eigenvalue weighted by molar-refractivity contribution is 6.26. The fourth-order valence-electron chi connectivity index (χ4n) is 5.75. The van der Waals surface area contributed by atoms with E-state index in [1.54, 1.807) is 20.8 Å². The molecule has 40 heavy (non-hydrogen) atoms. The van der Waals surface area contributed by atoms with Gasteiger partial charge in [-0.3, -0.25) is 14.4 Å². The Morgan fingerprint density at radius 1 is 1.05 bits per heavy atom. The van der Waals surface area contributed by atoms with E-state index in [0.29, 0.717) is 6.21 Å². The van der Waals surface area contributed by atoms with Gasteiger partial charge in [0.25, 0.3) is 0 Å². The van der Waals surface area contributed by atoms with Gasteiger partial charge in [-0.25, -0.2) is 4.79 Å². The third-order valence-corrected chi connectivity index (χ3v) is 8.07. The normalized spacial score (nSPS) is 21.9. The van der Waals surface area contributed by atoms with Crippen LogP contribution in [0.1, 0.15) is 58.4 Å². The number of fused-ring (bicyclic) bond motifs is 4. The van der Waals surface area contributed by atoms with Crippen LogP contribution in [-0.2, 0) is 37.4 Å². The Hall–Kier alpha value is -3.53. The molecule has 0 spiro atoms.